The zero-order valence-corrected chi connectivity index (χ0v) is 11.6. The van der Waals surface area contributed by atoms with Crippen LogP contribution in [0.2, 0.25) is 0 Å². The summed E-state index contributed by atoms with van der Waals surface area (Å²) in [6.07, 6.45) is 1.20. The normalized spacial score (nSPS) is 14.7. The number of hydrogen-bond donors (Lipinski definition) is 1. The molecule has 1 N–H and O–H groups in total. The van der Waals surface area contributed by atoms with Gasteiger partial charge in [-0.1, -0.05) is 53.8 Å². The van der Waals surface area contributed by atoms with E-state index in [4.69, 9.17) is 0 Å². The first-order valence-corrected chi connectivity index (χ1v) is 7.73. The summed E-state index contributed by atoms with van der Waals surface area (Å²) in [5, 5.41) is 5.17. The molecule has 2 heteroatoms. The fourth-order valence-electron chi connectivity index (χ4n) is 2.69. The van der Waals surface area contributed by atoms with Crippen molar-refractivity contribution in [2.45, 2.75) is 45.4 Å². The lowest BCUT2D eigenvalue weighted by Crippen LogP contribution is -2.17. The fraction of sp³-hybridized carbons (Fsp3) is 0.571. The van der Waals surface area contributed by atoms with Crippen LogP contribution in [-0.4, -0.2) is 17.9 Å². The first-order valence-electron chi connectivity index (χ1n) is 6.25. The Bertz CT molecular complexity index is 363. The highest BCUT2D eigenvalue weighted by Crippen LogP contribution is 2.47. The van der Waals surface area contributed by atoms with Crippen molar-refractivity contribution in [3.8, 4) is 0 Å². The summed E-state index contributed by atoms with van der Waals surface area (Å²) in [5.74, 6) is 0. The maximum absolute atomic E-state index is 3.58. The summed E-state index contributed by atoms with van der Waals surface area (Å²) in [4.78, 5) is 0. The van der Waals surface area contributed by atoms with Gasteiger partial charge >= 0.3 is 0 Å². The molecule has 0 atom stereocenters. The SMILES string of the molecule is CC(C)P(c1cccc2c1NCC2)C(C)C. The van der Waals surface area contributed by atoms with Crippen LogP contribution in [0.15, 0.2) is 18.2 Å². The average molecular weight is 235 g/mol. The molecule has 0 aromatic heterocycles. The quantitative estimate of drug-likeness (QED) is 0.790. The van der Waals surface area contributed by atoms with Crippen molar-refractivity contribution in [2.75, 3.05) is 11.9 Å². The van der Waals surface area contributed by atoms with E-state index >= 15 is 0 Å². The Hall–Kier alpha value is -0.550. The van der Waals surface area contributed by atoms with Crippen molar-refractivity contribution >= 4 is 18.9 Å². The van der Waals surface area contributed by atoms with Gasteiger partial charge in [-0.2, -0.15) is 0 Å². The summed E-state index contributed by atoms with van der Waals surface area (Å²) >= 11 is 0. The van der Waals surface area contributed by atoms with Gasteiger partial charge in [0.15, 0.2) is 0 Å². The third-order valence-electron chi connectivity index (χ3n) is 3.22. The van der Waals surface area contributed by atoms with Crippen molar-refractivity contribution in [3.63, 3.8) is 0 Å². The van der Waals surface area contributed by atoms with Crippen LogP contribution in [0.3, 0.4) is 0 Å². The van der Waals surface area contributed by atoms with E-state index in [1.54, 1.807) is 5.30 Å². The van der Waals surface area contributed by atoms with Gasteiger partial charge in [-0.3, -0.25) is 0 Å². The Morgan fingerprint density at radius 3 is 2.44 bits per heavy atom. The number of rotatable bonds is 3. The van der Waals surface area contributed by atoms with Gasteiger partial charge in [-0.05, 0) is 28.6 Å². The smallest absolute Gasteiger partial charge is 0.0451 e. The molecule has 0 spiro atoms. The first-order chi connectivity index (χ1) is 7.61. The molecule has 0 radical (unpaired) electrons. The van der Waals surface area contributed by atoms with Crippen LogP contribution in [0.1, 0.15) is 33.3 Å². The molecule has 88 valence electrons. The lowest BCUT2D eigenvalue weighted by molar-refractivity contribution is 1.02. The molecule has 1 aromatic carbocycles. The summed E-state index contributed by atoms with van der Waals surface area (Å²) in [5.41, 5.74) is 4.51. The van der Waals surface area contributed by atoms with Crippen LogP contribution in [0, 0.1) is 0 Å². The molecular weight excluding hydrogens is 213 g/mol. The first kappa shape index (κ1) is 11.9. The molecule has 0 saturated heterocycles. The summed E-state index contributed by atoms with van der Waals surface area (Å²) < 4.78 is 0. The van der Waals surface area contributed by atoms with Crippen LogP contribution in [-0.2, 0) is 6.42 Å². The Kier molecular flexibility index (Phi) is 3.54. The van der Waals surface area contributed by atoms with Gasteiger partial charge < -0.3 is 5.32 Å². The number of hydrogen-bond acceptors (Lipinski definition) is 1. The maximum atomic E-state index is 3.58. The van der Waals surface area contributed by atoms with E-state index in [1.165, 1.54) is 17.7 Å². The summed E-state index contributed by atoms with van der Waals surface area (Å²) in [6.45, 7) is 10.6. The van der Waals surface area contributed by atoms with E-state index in [-0.39, 0.29) is 7.92 Å². The Labute approximate surface area is 100 Å². The van der Waals surface area contributed by atoms with E-state index in [1.807, 2.05) is 0 Å². The van der Waals surface area contributed by atoms with E-state index in [0.29, 0.717) is 0 Å². The average Bonchev–Trinajstić information content (AvgIpc) is 2.65. The molecule has 1 nitrogen and oxygen atoms in total. The number of para-hydroxylation sites is 1. The number of anilines is 1. The second kappa shape index (κ2) is 4.75. The molecule has 1 heterocycles. The van der Waals surface area contributed by atoms with Crippen LogP contribution in [0.4, 0.5) is 5.69 Å². The third-order valence-corrected chi connectivity index (χ3v) is 6.37. The minimum absolute atomic E-state index is 0.0391. The van der Waals surface area contributed by atoms with Gasteiger partial charge in [0.1, 0.15) is 0 Å². The Morgan fingerprint density at radius 2 is 1.81 bits per heavy atom. The molecule has 0 aliphatic carbocycles. The van der Waals surface area contributed by atoms with E-state index in [9.17, 15) is 0 Å². The topological polar surface area (TPSA) is 12.0 Å². The van der Waals surface area contributed by atoms with Crippen LogP contribution in [0.25, 0.3) is 0 Å². The molecule has 1 aromatic rings. The van der Waals surface area contributed by atoms with Crippen molar-refractivity contribution in [1.82, 2.24) is 0 Å². The fourth-order valence-corrected chi connectivity index (χ4v) is 5.73. The van der Waals surface area contributed by atoms with Gasteiger partial charge in [0.05, 0.1) is 0 Å². The minimum atomic E-state index is -0.0391. The third kappa shape index (κ3) is 2.11. The van der Waals surface area contributed by atoms with Gasteiger partial charge in [-0.15, -0.1) is 0 Å². The molecule has 2 rings (SSSR count). The monoisotopic (exact) mass is 235 g/mol. The maximum Gasteiger partial charge on any atom is 0.0451 e. The lowest BCUT2D eigenvalue weighted by atomic mass is 10.2. The summed E-state index contributed by atoms with van der Waals surface area (Å²) in [6, 6.07) is 6.84. The van der Waals surface area contributed by atoms with Gasteiger partial charge in [-0.25, -0.2) is 0 Å². The molecular formula is C14H22NP. The van der Waals surface area contributed by atoms with E-state index in [2.05, 4.69) is 51.2 Å². The Balaban J connectivity index is 2.42. The van der Waals surface area contributed by atoms with Gasteiger partial charge in [0.25, 0.3) is 0 Å². The summed E-state index contributed by atoms with van der Waals surface area (Å²) in [7, 11) is -0.0391. The molecule has 0 amide bonds. The van der Waals surface area contributed by atoms with E-state index in [0.717, 1.165) is 17.9 Å². The Morgan fingerprint density at radius 1 is 1.12 bits per heavy atom. The van der Waals surface area contributed by atoms with E-state index < -0.39 is 0 Å². The lowest BCUT2D eigenvalue weighted by Gasteiger charge is -2.28. The zero-order chi connectivity index (χ0) is 11.7. The predicted octanol–water partition coefficient (Wildman–Crippen LogP) is 3.58. The zero-order valence-electron chi connectivity index (χ0n) is 10.7. The second-order valence-corrected chi connectivity index (χ2v) is 8.44. The highest BCUT2D eigenvalue weighted by atomic mass is 31.1. The number of nitrogens with one attached hydrogen (secondary N) is 1. The standard InChI is InChI=1S/C14H22NP/c1-10(2)16(11(3)4)13-7-5-6-12-8-9-15-14(12)13/h5-7,10-11,15H,8-9H2,1-4H3. The minimum Gasteiger partial charge on any atom is -0.384 e. The van der Waals surface area contributed by atoms with Crippen LogP contribution >= 0.6 is 7.92 Å². The number of benzene rings is 1. The van der Waals surface area contributed by atoms with Crippen molar-refractivity contribution < 1.29 is 0 Å². The highest BCUT2D eigenvalue weighted by molar-refractivity contribution is 7.67. The van der Waals surface area contributed by atoms with Crippen LogP contribution in [0.5, 0.6) is 0 Å². The molecule has 0 bridgehead atoms. The van der Waals surface area contributed by atoms with Crippen molar-refractivity contribution in [3.05, 3.63) is 23.8 Å². The predicted molar refractivity (Wildman–Crippen MR) is 75.5 cm³/mol. The molecule has 1 aliphatic rings. The molecule has 0 saturated carbocycles. The van der Waals surface area contributed by atoms with Gasteiger partial charge in [0, 0.05) is 12.2 Å². The second-order valence-electron chi connectivity index (χ2n) is 5.08. The molecule has 1 aliphatic heterocycles. The molecule has 0 fully saturated rings. The van der Waals surface area contributed by atoms with Crippen molar-refractivity contribution in [1.29, 1.82) is 0 Å². The number of fused-ring (bicyclic) bond motifs is 1. The van der Waals surface area contributed by atoms with Crippen molar-refractivity contribution in [2.24, 2.45) is 0 Å². The highest BCUT2D eigenvalue weighted by Gasteiger charge is 2.24. The molecule has 16 heavy (non-hydrogen) atoms. The van der Waals surface area contributed by atoms with Gasteiger partial charge in [0.2, 0.25) is 0 Å². The molecule has 0 unspecified atom stereocenters. The largest absolute Gasteiger partial charge is 0.384 e. The van der Waals surface area contributed by atoms with Crippen LogP contribution < -0.4 is 10.6 Å².